The van der Waals surface area contributed by atoms with Gasteiger partial charge in [-0.05, 0) is 30.3 Å². The molecule has 2 aromatic carbocycles. The van der Waals surface area contributed by atoms with E-state index in [1.165, 1.54) is 13.2 Å². The second-order valence-electron chi connectivity index (χ2n) is 5.25. The Morgan fingerprint density at radius 2 is 1.89 bits per heavy atom. The lowest BCUT2D eigenvalue weighted by molar-refractivity contribution is -0.140. The summed E-state index contributed by atoms with van der Waals surface area (Å²) in [4.78, 5) is 29.2. The molecule has 2 aromatic rings. The molecule has 0 heterocycles. The van der Waals surface area contributed by atoms with E-state index in [9.17, 15) is 9.59 Å². The maximum absolute atomic E-state index is 12.2. The smallest absolute Gasteiger partial charge is 0.334 e. The van der Waals surface area contributed by atoms with Gasteiger partial charge in [0, 0.05) is 26.2 Å². The molecule has 1 amide bonds. The van der Waals surface area contributed by atoms with E-state index >= 15 is 0 Å². The lowest BCUT2D eigenvalue weighted by Gasteiger charge is -2.12. The molecule has 0 aromatic heterocycles. The number of hydrogen-bond donors (Lipinski definition) is 1. The van der Waals surface area contributed by atoms with Crippen molar-refractivity contribution in [2.45, 2.75) is 12.6 Å². The Kier molecular flexibility index (Phi) is 7.91. The van der Waals surface area contributed by atoms with E-state index in [4.69, 9.17) is 39.6 Å². The van der Waals surface area contributed by atoms with Gasteiger partial charge in [-0.2, -0.15) is 0 Å². The number of nitrogens with one attached hydrogen (secondary N) is 1. The molecule has 142 valence electrons. The summed E-state index contributed by atoms with van der Waals surface area (Å²) >= 11 is 17.7. The normalized spacial score (nSPS) is 11.9. The Labute approximate surface area is 171 Å². The van der Waals surface area contributed by atoms with Gasteiger partial charge in [-0.1, -0.05) is 52.1 Å². The minimum absolute atomic E-state index is 0.0582. The largest absolute Gasteiger partial charge is 0.467 e. The van der Waals surface area contributed by atoms with Crippen LogP contribution in [0.5, 0.6) is 0 Å². The van der Waals surface area contributed by atoms with Crippen molar-refractivity contribution in [2.75, 3.05) is 7.11 Å². The highest BCUT2D eigenvalue weighted by molar-refractivity contribution is 6.35. The van der Waals surface area contributed by atoms with Crippen molar-refractivity contribution in [3.05, 3.63) is 68.7 Å². The number of carbonyl (C=O) groups is 2. The third kappa shape index (κ3) is 6.43. The van der Waals surface area contributed by atoms with Crippen LogP contribution in [0.2, 0.25) is 15.1 Å². The third-order valence-electron chi connectivity index (χ3n) is 3.35. The lowest BCUT2D eigenvalue weighted by Crippen LogP contribution is -2.42. The van der Waals surface area contributed by atoms with Crippen molar-refractivity contribution in [3.8, 4) is 0 Å². The molecule has 2 rings (SSSR count). The van der Waals surface area contributed by atoms with Gasteiger partial charge >= 0.3 is 5.97 Å². The van der Waals surface area contributed by atoms with Crippen molar-refractivity contribution >= 4 is 52.9 Å². The topological polar surface area (TPSA) is 77.0 Å². The highest BCUT2D eigenvalue weighted by Crippen LogP contribution is 2.21. The molecule has 0 aliphatic carbocycles. The summed E-state index contributed by atoms with van der Waals surface area (Å²) in [6.45, 7) is 0.0582. The molecule has 0 radical (unpaired) electrons. The number of amides is 1. The molecule has 9 heteroatoms. The standard InChI is InChI=1S/C18H15Cl3N2O4/c1-26-18(25)16(23-17(24)11-3-2-4-13(19)7-11)9-22-27-10-12-5-6-14(20)8-15(12)21/h2-9,16H,10H2,1H3,(H,23,24)/b22-9-/t16-/m0/s1. The summed E-state index contributed by atoms with van der Waals surface area (Å²) in [5.41, 5.74) is 0.953. The number of rotatable bonds is 7. The minimum Gasteiger partial charge on any atom is -0.467 e. The van der Waals surface area contributed by atoms with Crippen molar-refractivity contribution in [1.29, 1.82) is 0 Å². The summed E-state index contributed by atoms with van der Waals surface area (Å²) in [5, 5.41) is 7.52. The van der Waals surface area contributed by atoms with Crippen molar-refractivity contribution in [2.24, 2.45) is 5.16 Å². The zero-order valence-electron chi connectivity index (χ0n) is 14.1. The fraction of sp³-hybridized carbons (Fsp3) is 0.167. The molecule has 0 aliphatic rings. The number of nitrogens with zero attached hydrogens (tertiary/aromatic N) is 1. The number of halogens is 3. The van der Waals surface area contributed by atoms with Gasteiger partial charge in [0.15, 0.2) is 6.04 Å². The van der Waals surface area contributed by atoms with Gasteiger partial charge in [0.25, 0.3) is 5.91 Å². The molecule has 0 aliphatic heterocycles. The van der Waals surface area contributed by atoms with Crippen LogP contribution < -0.4 is 5.32 Å². The molecular weight excluding hydrogens is 415 g/mol. The van der Waals surface area contributed by atoms with Crippen LogP contribution in [-0.2, 0) is 21.0 Å². The highest BCUT2D eigenvalue weighted by atomic mass is 35.5. The summed E-state index contributed by atoms with van der Waals surface area (Å²) in [6.07, 6.45) is 1.12. The van der Waals surface area contributed by atoms with E-state index in [1.807, 2.05) is 0 Å². The first-order chi connectivity index (χ1) is 12.9. The zero-order chi connectivity index (χ0) is 19.8. The number of hydrogen-bond acceptors (Lipinski definition) is 5. The summed E-state index contributed by atoms with van der Waals surface area (Å²) in [5.74, 6) is -1.22. The monoisotopic (exact) mass is 428 g/mol. The first-order valence-corrected chi connectivity index (χ1v) is 8.77. The average Bonchev–Trinajstić information content (AvgIpc) is 2.64. The maximum atomic E-state index is 12.2. The SMILES string of the molecule is COC(=O)[C@H](/C=N\OCc1ccc(Cl)cc1Cl)NC(=O)c1cccc(Cl)c1. The van der Waals surface area contributed by atoms with E-state index in [0.29, 0.717) is 26.2 Å². The average molecular weight is 430 g/mol. The van der Waals surface area contributed by atoms with Gasteiger partial charge in [0.05, 0.1) is 13.3 Å². The maximum Gasteiger partial charge on any atom is 0.334 e. The first kappa shape index (κ1) is 21.0. The summed E-state index contributed by atoms with van der Waals surface area (Å²) in [7, 11) is 1.20. The van der Waals surface area contributed by atoms with Crippen LogP contribution in [0.15, 0.2) is 47.6 Å². The highest BCUT2D eigenvalue weighted by Gasteiger charge is 2.20. The predicted molar refractivity (Wildman–Crippen MR) is 104 cm³/mol. The number of benzene rings is 2. The van der Waals surface area contributed by atoms with Crippen LogP contribution in [0.25, 0.3) is 0 Å². The number of oxime groups is 1. The fourth-order valence-corrected chi connectivity index (χ4v) is 2.64. The molecule has 1 N–H and O–H groups in total. The van der Waals surface area contributed by atoms with Crippen molar-refractivity contribution < 1.29 is 19.2 Å². The first-order valence-electron chi connectivity index (χ1n) is 7.64. The van der Waals surface area contributed by atoms with E-state index < -0.39 is 17.9 Å². The van der Waals surface area contributed by atoms with Gasteiger partial charge in [-0.3, -0.25) is 4.79 Å². The second-order valence-corrected chi connectivity index (χ2v) is 6.53. The molecule has 0 saturated heterocycles. The molecule has 0 saturated carbocycles. The van der Waals surface area contributed by atoms with Crippen LogP contribution in [0.1, 0.15) is 15.9 Å². The van der Waals surface area contributed by atoms with E-state index in [1.54, 1.807) is 36.4 Å². The number of ether oxygens (including phenoxy) is 1. The second kappa shape index (κ2) is 10.2. The summed E-state index contributed by atoms with van der Waals surface area (Å²) in [6, 6.07) is 10.1. The molecule has 0 unspecified atom stereocenters. The quantitative estimate of drug-likeness (QED) is 0.408. The van der Waals surface area contributed by atoms with E-state index in [-0.39, 0.29) is 6.61 Å². The number of carbonyl (C=O) groups excluding carboxylic acids is 2. The van der Waals surface area contributed by atoms with Gasteiger partial charge in [0.2, 0.25) is 0 Å². The van der Waals surface area contributed by atoms with Crippen LogP contribution in [0, 0.1) is 0 Å². The fourth-order valence-electron chi connectivity index (χ4n) is 1.99. The Bertz CT molecular complexity index is 858. The summed E-state index contributed by atoms with van der Waals surface area (Å²) < 4.78 is 4.66. The molecular formula is C18H15Cl3N2O4. The van der Waals surface area contributed by atoms with Crippen LogP contribution in [-0.4, -0.2) is 31.2 Å². The zero-order valence-corrected chi connectivity index (χ0v) is 16.4. The number of esters is 1. The predicted octanol–water partition coefficient (Wildman–Crippen LogP) is 4.12. The van der Waals surface area contributed by atoms with Gasteiger partial charge in [-0.25, -0.2) is 4.79 Å². The minimum atomic E-state index is -1.14. The lowest BCUT2D eigenvalue weighted by atomic mass is 10.2. The molecule has 0 spiro atoms. The van der Waals surface area contributed by atoms with Crippen molar-refractivity contribution in [1.82, 2.24) is 5.32 Å². The molecule has 27 heavy (non-hydrogen) atoms. The van der Waals surface area contributed by atoms with Crippen LogP contribution in [0.3, 0.4) is 0 Å². The van der Waals surface area contributed by atoms with Gasteiger partial charge < -0.3 is 14.9 Å². The molecule has 0 fully saturated rings. The third-order valence-corrected chi connectivity index (χ3v) is 4.17. The van der Waals surface area contributed by atoms with Gasteiger partial charge in [-0.15, -0.1) is 0 Å². The Hall–Kier alpha value is -2.28. The Morgan fingerprint density at radius 1 is 1.15 bits per heavy atom. The van der Waals surface area contributed by atoms with Crippen LogP contribution in [0.4, 0.5) is 0 Å². The van der Waals surface area contributed by atoms with Crippen LogP contribution >= 0.6 is 34.8 Å². The van der Waals surface area contributed by atoms with Crippen molar-refractivity contribution in [3.63, 3.8) is 0 Å². The molecule has 1 atom stereocenters. The Balaban J connectivity index is 2.00. The van der Waals surface area contributed by atoms with E-state index in [0.717, 1.165) is 6.21 Å². The molecule has 0 bridgehead atoms. The number of methoxy groups -OCH3 is 1. The van der Waals surface area contributed by atoms with E-state index in [2.05, 4.69) is 15.2 Å². The Morgan fingerprint density at radius 3 is 2.56 bits per heavy atom. The van der Waals surface area contributed by atoms with Gasteiger partial charge in [0.1, 0.15) is 6.61 Å². The molecule has 6 nitrogen and oxygen atoms in total.